The predicted octanol–water partition coefficient (Wildman–Crippen LogP) is 4.50. The van der Waals surface area contributed by atoms with Crippen LogP contribution in [0.2, 0.25) is 0 Å². The monoisotopic (exact) mass is 363 g/mol. The minimum atomic E-state index is 0.251. The Hall–Kier alpha value is -1.95. The molecule has 0 radical (unpaired) electrons. The first-order valence-corrected chi connectivity index (χ1v) is 8.17. The smallest absolute Gasteiger partial charge is 0.240 e. The Balaban J connectivity index is 0.000000561. The van der Waals surface area contributed by atoms with E-state index >= 15 is 0 Å². The summed E-state index contributed by atoms with van der Waals surface area (Å²) < 4.78 is 2.55. The van der Waals surface area contributed by atoms with Gasteiger partial charge in [0.15, 0.2) is 5.65 Å². The molecule has 0 amide bonds. The molecule has 3 aromatic heterocycles. The van der Waals surface area contributed by atoms with Crippen LogP contribution in [0, 0.1) is 6.92 Å². The van der Waals surface area contributed by atoms with Gasteiger partial charge in [-0.3, -0.25) is 4.98 Å². The normalized spacial score (nSPS) is 9.55. The maximum atomic E-state index is 5.63. The molecule has 0 aliphatic heterocycles. The first kappa shape index (κ1) is 18.1. The van der Waals surface area contributed by atoms with Crippen molar-refractivity contribution in [2.45, 2.75) is 34.6 Å². The fraction of sp³-hybridized carbons (Fsp3) is 0.312. The van der Waals surface area contributed by atoms with Crippen molar-refractivity contribution >= 4 is 27.5 Å². The molecule has 0 saturated carbocycles. The molecule has 0 spiro atoms. The van der Waals surface area contributed by atoms with Gasteiger partial charge in [-0.1, -0.05) is 33.8 Å². The van der Waals surface area contributed by atoms with E-state index in [4.69, 9.17) is 5.73 Å². The molecule has 3 heterocycles. The Labute approximate surface area is 139 Å². The third kappa shape index (κ3) is 4.04. The van der Waals surface area contributed by atoms with E-state index in [-0.39, 0.29) is 5.95 Å². The highest BCUT2D eigenvalue weighted by Crippen LogP contribution is 2.25. The topological polar surface area (TPSA) is 69.1 Å². The average Bonchev–Trinajstić information content (AvgIpc) is 2.91. The van der Waals surface area contributed by atoms with Gasteiger partial charge in [0, 0.05) is 22.4 Å². The second-order valence-corrected chi connectivity index (χ2v) is 4.95. The van der Waals surface area contributed by atoms with Gasteiger partial charge in [-0.05, 0) is 40.5 Å². The lowest BCUT2D eigenvalue weighted by Gasteiger charge is -2.03. The fourth-order valence-electron chi connectivity index (χ4n) is 1.79. The molecular weight excluding hydrogens is 342 g/mol. The predicted molar refractivity (Wildman–Crippen MR) is 95.8 cm³/mol. The third-order valence-corrected chi connectivity index (χ3v) is 3.04. The molecule has 22 heavy (non-hydrogen) atoms. The van der Waals surface area contributed by atoms with Crippen molar-refractivity contribution < 1.29 is 0 Å². The Morgan fingerprint density at radius 1 is 1.14 bits per heavy atom. The first-order chi connectivity index (χ1) is 10.6. The molecule has 0 unspecified atom stereocenters. The summed E-state index contributed by atoms with van der Waals surface area (Å²) in [6.45, 7) is 10.0. The van der Waals surface area contributed by atoms with Crippen LogP contribution in [0.15, 0.2) is 35.1 Å². The number of anilines is 1. The lowest BCUT2D eigenvalue weighted by molar-refractivity contribution is 0.963. The van der Waals surface area contributed by atoms with Crippen molar-refractivity contribution in [3.63, 3.8) is 0 Å². The number of fused-ring (bicyclic) bond motifs is 1. The summed E-state index contributed by atoms with van der Waals surface area (Å²) in [6, 6.07) is 5.93. The summed E-state index contributed by atoms with van der Waals surface area (Å²) in [5.74, 6) is 0.251. The van der Waals surface area contributed by atoms with Crippen molar-refractivity contribution in [1.29, 1.82) is 0 Å². The van der Waals surface area contributed by atoms with E-state index in [1.807, 2.05) is 65.2 Å². The molecule has 6 heteroatoms. The van der Waals surface area contributed by atoms with Crippen LogP contribution in [0.25, 0.3) is 16.9 Å². The number of hydrogen-bond donors (Lipinski definition) is 1. The molecule has 3 aromatic rings. The summed E-state index contributed by atoms with van der Waals surface area (Å²) in [7, 11) is 0. The molecule has 5 nitrogen and oxygen atoms in total. The highest BCUT2D eigenvalue weighted by Gasteiger charge is 2.10. The van der Waals surface area contributed by atoms with Crippen molar-refractivity contribution in [2.75, 3.05) is 5.73 Å². The maximum absolute atomic E-state index is 5.63. The van der Waals surface area contributed by atoms with Crippen molar-refractivity contribution in [3.8, 4) is 11.3 Å². The quantitative estimate of drug-likeness (QED) is 0.690. The summed E-state index contributed by atoms with van der Waals surface area (Å²) in [4.78, 5) is 8.63. The lowest BCUT2D eigenvalue weighted by Crippen LogP contribution is -1.93. The molecule has 0 aliphatic rings. The largest absolute Gasteiger partial charge is 0.366 e. The maximum Gasteiger partial charge on any atom is 0.240 e. The van der Waals surface area contributed by atoms with Crippen LogP contribution in [0.1, 0.15) is 33.3 Å². The van der Waals surface area contributed by atoms with Gasteiger partial charge in [0.2, 0.25) is 5.95 Å². The van der Waals surface area contributed by atoms with E-state index in [0.717, 1.165) is 21.3 Å². The number of pyridine rings is 2. The molecule has 0 aliphatic carbocycles. The number of nitrogens with zero attached hydrogens (tertiary/aromatic N) is 4. The minimum Gasteiger partial charge on any atom is -0.366 e. The number of hydrogen-bond acceptors (Lipinski definition) is 4. The van der Waals surface area contributed by atoms with Crippen LogP contribution >= 0.6 is 15.9 Å². The van der Waals surface area contributed by atoms with Gasteiger partial charge in [0.05, 0.1) is 5.69 Å². The number of nitrogen functional groups attached to an aromatic ring is 1. The number of halogens is 1. The summed E-state index contributed by atoms with van der Waals surface area (Å²) in [5, 5.41) is 4.10. The molecule has 0 fully saturated rings. The van der Waals surface area contributed by atoms with Gasteiger partial charge >= 0.3 is 0 Å². The molecule has 0 bridgehead atoms. The van der Waals surface area contributed by atoms with Gasteiger partial charge in [0.1, 0.15) is 0 Å². The fourth-order valence-corrected chi connectivity index (χ4v) is 2.21. The number of aromatic nitrogens is 4. The van der Waals surface area contributed by atoms with Gasteiger partial charge in [-0.2, -0.15) is 4.98 Å². The molecule has 0 saturated heterocycles. The van der Waals surface area contributed by atoms with Gasteiger partial charge in [0.25, 0.3) is 0 Å². The SMILES string of the molecule is CC.CC.Cc1ccc(-c2cc(Br)cn3nc(N)nc23)nc1. The lowest BCUT2D eigenvalue weighted by atomic mass is 10.1. The van der Waals surface area contributed by atoms with Crippen LogP contribution in [0.4, 0.5) is 5.95 Å². The van der Waals surface area contributed by atoms with Crippen LogP contribution in [0.5, 0.6) is 0 Å². The number of rotatable bonds is 1. The van der Waals surface area contributed by atoms with Gasteiger partial charge in [-0.15, -0.1) is 5.10 Å². The van der Waals surface area contributed by atoms with Crippen molar-refractivity contribution in [3.05, 3.63) is 40.6 Å². The second-order valence-electron chi connectivity index (χ2n) is 4.03. The third-order valence-electron chi connectivity index (χ3n) is 2.60. The molecular formula is C16H22BrN5. The van der Waals surface area contributed by atoms with E-state index in [1.54, 1.807) is 4.52 Å². The van der Waals surface area contributed by atoms with Crippen LogP contribution in [-0.4, -0.2) is 19.6 Å². The second kappa shape index (κ2) is 8.48. The van der Waals surface area contributed by atoms with E-state index in [1.165, 1.54) is 0 Å². The van der Waals surface area contributed by atoms with Crippen molar-refractivity contribution in [2.24, 2.45) is 0 Å². The minimum absolute atomic E-state index is 0.251. The number of nitrogens with two attached hydrogens (primary N) is 1. The zero-order valence-electron chi connectivity index (χ0n) is 13.6. The standard InChI is InChI=1S/C12H10BrN5.2C2H6/c1-7-2-3-10(15-5-7)9-4-8(13)6-18-11(9)16-12(14)17-18;2*1-2/h2-6H,1H3,(H2,14,17);2*1-2H3. The first-order valence-electron chi connectivity index (χ1n) is 7.38. The highest BCUT2D eigenvalue weighted by molar-refractivity contribution is 9.10. The molecule has 0 atom stereocenters. The Kier molecular flexibility index (Phi) is 6.98. The zero-order valence-corrected chi connectivity index (χ0v) is 15.2. The van der Waals surface area contributed by atoms with E-state index < -0.39 is 0 Å². The van der Waals surface area contributed by atoms with Gasteiger partial charge in [-0.25, -0.2) is 4.52 Å². The van der Waals surface area contributed by atoms with Crippen LogP contribution < -0.4 is 5.73 Å². The van der Waals surface area contributed by atoms with Crippen LogP contribution in [-0.2, 0) is 0 Å². The van der Waals surface area contributed by atoms with E-state index in [0.29, 0.717) is 5.65 Å². The summed E-state index contributed by atoms with van der Waals surface area (Å²) in [5.41, 5.74) is 9.19. The summed E-state index contributed by atoms with van der Waals surface area (Å²) in [6.07, 6.45) is 3.64. The van der Waals surface area contributed by atoms with E-state index in [2.05, 4.69) is 31.0 Å². The van der Waals surface area contributed by atoms with Gasteiger partial charge < -0.3 is 5.73 Å². The molecule has 118 valence electrons. The molecule has 3 rings (SSSR count). The Morgan fingerprint density at radius 2 is 1.82 bits per heavy atom. The Bertz CT molecular complexity index is 719. The van der Waals surface area contributed by atoms with Crippen LogP contribution in [0.3, 0.4) is 0 Å². The molecule has 0 aromatic carbocycles. The average molecular weight is 364 g/mol. The highest BCUT2D eigenvalue weighted by atomic mass is 79.9. The Morgan fingerprint density at radius 3 is 2.41 bits per heavy atom. The zero-order chi connectivity index (χ0) is 16.7. The summed E-state index contributed by atoms with van der Waals surface area (Å²) >= 11 is 3.45. The molecule has 2 N–H and O–H groups in total. The van der Waals surface area contributed by atoms with E-state index in [9.17, 15) is 0 Å². The number of aryl methyl sites for hydroxylation is 1. The van der Waals surface area contributed by atoms with Crippen molar-refractivity contribution in [1.82, 2.24) is 19.6 Å².